The summed E-state index contributed by atoms with van der Waals surface area (Å²) in [5.74, 6) is -0.132. The third kappa shape index (κ3) is 2.38. The maximum absolute atomic E-state index is 11.7. The highest BCUT2D eigenvalue weighted by atomic mass is 16.5. The number of nitrogens with one attached hydrogen (secondary N) is 1. The maximum atomic E-state index is 11.7. The number of nitriles is 1. The highest BCUT2D eigenvalue weighted by Crippen LogP contribution is 2.15. The van der Waals surface area contributed by atoms with Crippen molar-refractivity contribution in [2.45, 2.75) is 18.9 Å². The van der Waals surface area contributed by atoms with Crippen LogP contribution in [0.5, 0.6) is 0 Å². The molecule has 1 amide bonds. The third-order valence-electron chi connectivity index (χ3n) is 2.48. The van der Waals surface area contributed by atoms with Gasteiger partial charge in [-0.25, -0.2) is 0 Å². The molecule has 1 atom stereocenters. The van der Waals surface area contributed by atoms with Crippen molar-refractivity contribution >= 4 is 11.6 Å². The minimum Gasteiger partial charge on any atom is -0.368 e. The molecule has 1 unspecified atom stereocenters. The van der Waals surface area contributed by atoms with Crippen LogP contribution in [0.3, 0.4) is 0 Å². The normalized spacial score (nSPS) is 19.1. The van der Waals surface area contributed by atoms with E-state index in [0.29, 0.717) is 17.9 Å². The summed E-state index contributed by atoms with van der Waals surface area (Å²) in [5.41, 5.74) is 1.17. The lowest BCUT2D eigenvalue weighted by molar-refractivity contribution is -0.124. The van der Waals surface area contributed by atoms with Gasteiger partial charge >= 0.3 is 0 Å². The summed E-state index contributed by atoms with van der Waals surface area (Å²) in [6, 6.07) is 8.87. The molecule has 4 nitrogen and oxygen atoms in total. The second kappa shape index (κ2) is 4.77. The lowest BCUT2D eigenvalue weighted by Crippen LogP contribution is -2.26. The molecule has 82 valence electrons. The highest BCUT2D eigenvalue weighted by Gasteiger charge is 2.23. The number of carbonyl (C=O) groups excluding carboxylic acids is 1. The second-order valence-corrected chi connectivity index (χ2v) is 3.68. The molecule has 1 N–H and O–H groups in total. The van der Waals surface area contributed by atoms with E-state index in [1.165, 1.54) is 0 Å². The van der Waals surface area contributed by atoms with E-state index in [-0.39, 0.29) is 12.0 Å². The number of benzene rings is 1. The molecule has 4 heteroatoms. The molecule has 1 saturated heterocycles. The molecule has 16 heavy (non-hydrogen) atoms. The summed E-state index contributed by atoms with van der Waals surface area (Å²) in [5, 5.41) is 11.5. The quantitative estimate of drug-likeness (QED) is 0.818. The van der Waals surface area contributed by atoms with Gasteiger partial charge in [-0.3, -0.25) is 4.79 Å². The first-order valence-electron chi connectivity index (χ1n) is 5.22. The fourth-order valence-electron chi connectivity index (χ4n) is 1.67. The minimum atomic E-state index is -0.342. The van der Waals surface area contributed by atoms with Crippen LogP contribution in [-0.4, -0.2) is 18.6 Å². The molecule has 1 heterocycles. The monoisotopic (exact) mass is 216 g/mol. The van der Waals surface area contributed by atoms with Crippen LogP contribution in [0, 0.1) is 11.3 Å². The molecule has 0 bridgehead atoms. The summed E-state index contributed by atoms with van der Waals surface area (Å²) in [6.45, 7) is 0.649. The van der Waals surface area contributed by atoms with Crippen LogP contribution in [0.1, 0.15) is 18.4 Å². The Morgan fingerprint density at radius 1 is 1.56 bits per heavy atom. The summed E-state index contributed by atoms with van der Waals surface area (Å²) < 4.78 is 5.27. The molecule has 1 aromatic carbocycles. The Hall–Kier alpha value is -1.86. The molecule has 2 rings (SSSR count). The number of anilines is 1. The number of ether oxygens (including phenoxy) is 1. The average molecular weight is 216 g/mol. The predicted molar refractivity (Wildman–Crippen MR) is 58.8 cm³/mol. The van der Waals surface area contributed by atoms with Crippen molar-refractivity contribution in [1.29, 1.82) is 5.26 Å². The maximum Gasteiger partial charge on any atom is 0.253 e. The first kappa shape index (κ1) is 10.7. The molecule has 1 aliphatic heterocycles. The van der Waals surface area contributed by atoms with Crippen LogP contribution in [0.2, 0.25) is 0 Å². The Morgan fingerprint density at radius 3 is 3.12 bits per heavy atom. The number of nitrogens with zero attached hydrogens (tertiary/aromatic N) is 1. The Labute approximate surface area is 93.8 Å². The average Bonchev–Trinajstić information content (AvgIpc) is 2.83. The van der Waals surface area contributed by atoms with Crippen molar-refractivity contribution in [2.75, 3.05) is 11.9 Å². The van der Waals surface area contributed by atoms with E-state index in [1.54, 1.807) is 24.3 Å². The fraction of sp³-hybridized carbons (Fsp3) is 0.333. The van der Waals surface area contributed by atoms with E-state index in [0.717, 1.165) is 12.8 Å². The SMILES string of the molecule is N#Cc1cccc(NC(=O)C2CCCO2)c1. The van der Waals surface area contributed by atoms with Gasteiger partial charge in [0.15, 0.2) is 0 Å². The number of amides is 1. The zero-order valence-electron chi connectivity index (χ0n) is 8.77. The molecule has 1 aromatic rings. The summed E-state index contributed by atoms with van der Waals surface area (Å²) in [7, 11) is 0. The molecule has 0 radical (unpaired) electrons. The van der Waals surface area contributed by atoms with E-state index in [9.17, 15) is 4.79 Å². The Morgan fingerprint density at radius 2 is 2.44 bits per heavy atom. The van der Waals surface area contributed by atoms with Crippen LogP contribution < -0.4 is 5.32 Å². The topological polar surface area (TPSA) is 62.1 Å². The first-order valence-corrected chi connectivity index (χ1v) is 5.22. The van der Waals surface area contributed by atoms with Crippen LogP contribution in [-0.2, 0) is 9.53 Å². The van der Waals surface area contributed by atoms with E-state index >= 15 is 0 Å². The van der Waals surface area contributed by atoms with Gasteiger partial charge in [-0.2, -0.15) is 5.26 Å². The summed E-state index contributed by atoms with van der Waals surface area (Å²) in [4.78, 5) is 11.7. The van der Waals surface area contributed by atoms with E-state index in [2.05, 4.69) is 5.32 Å². The lowest BCUT2D eigenvalue weighted by Gasteiger charge is -2.10. The van der Waals surface area contributed by atoms with Gasteiger partial charge < -0.3 is 10.1 Å². The van der Waals surface area contributed by atoms with Crippen molar-refractivity contribution < 1.29 is 9.53 Å². The van der Waals surface area contributed by atoms with Gasteiger partial charge in [0.1, 0.15) is 6.10 Å². The number of hydrogen-bond acceptors (Lipinski definition) is 3. The van der Waals surface area contributed by atoms with Gasteiger partial charge in [-0.05, 0) is 31.0 Å². The van der Waals surface area contributed by atoms with Gasteiger partial charge in [0.2, 0.25) is 0 Å². The van der Waals surface area contributed by atoms with Crippen molar-refractivity contribution in [3.05, 3.63) is 29.8 Å². The van der Waals surface area contributed by atoms with Crippen LogP contribution >= 0.6 is 0 Å². The standard InChI is InChI=1S/C12H12N2O2/c13-8-9-3-1-4-10(7-9)14-12(15)11-5-2-6-16-11/h1,3-4,7,11H,2,5-6H2,(H,14,15). The molecule has 0 aliphatic carbocycles. The molecule has 0 aromatic heterocycles. The largest absolute Gasteiger partial charge is 0.368 e. The van der Waals surface area contributed by atoms with Crippen molar-refractivity contribution in [1.82, 2.24) is 0 Å². The van der Waals surface area contributed by atoms with Crippen molar-refractivity contribution in [3.8, 4) is 6.07 Å². The molecular weight excluding hydrogens is 204 g/mol. The van der Waals surface area contributed by atoms with Gasteiger partial charge in [0, 0.05) is 12.3 Å². The lowest BCUT2D eigenvalue weighted by atomic mass is 10.2. The first-order chi connectivity index (χ1) is 7.79. The molecule has 0 spiro atoms. The molecule has 1 aliphatic rings. The Bertz CT molecular complexity index is 431. The van der Waals surface area contributed by atoms with Gasteiger partial charge in [-0.1, -0.05) is 6.07 Å². The van der Waals surface area contributed by atoms with Gasteiger partial charge in [0.25, 0.3) is 5.91 Å². The van der Waals surface area contributed by atoms with Crippen molar-refractivity contribution in [3.63, 3.8) is 0 Å². The summed E-state index contributed by atoms with van der Waals surface area (Å²) >= 11 is 0. The minimum absolute atomic E-state index is 0.132. The zero-order chi connectivity index (χ0) is 11.4. The van der Waals surface area contributed by atoms with Crippen LogP contribution in [0.25, 0.3) is 0 Å². The third-order valence-corrected chi connectivity index (χ3v) is 2.48. The van der Waals surface area contributed by atoms with E-state index in [4.69, 9.17) is 10.00 Å². The van der Waals surface area contributed by atoms with Gasteiger partial charge in [-0.15, -0.1) is 0 Å². The van der Waals surface area contributed by atoms with Gasteiger partial charge in [0.05, 0.1) is 11.6 Å². The number of hydrogen-bond donors (Lipinski definition) is 1. The Balaban J connectivity index is 2.03. The van der Waals surface area contributed by atoms with Crippen LogP contribution in [0.4, 0.5) is 5.69 Å². The van der Waals surface area contributed by atoms with Crippen molar-refractivity contribution in [2.24, 2.45) is 0 Å². The number of rotatable bonds is 2. The predicted octanol–water partition coefficient (Wildman–Crippen LogP) is 1.68. The number of carbonyl (C=O) groups is 1. The highest BCUT2D eigenvalue weighted by molar-refractivity contribution is 5.94. The molecular formula is C12H12N2O2. The fourth-order valence-corrected chi connectivity index (χ4v) is 1.67. The molecule has 0 saturated carbocycles. The van der Waals surface area contributed by atoms with E-state index < -0.39 is 0 Å². The second-order valence-electron chi connectivity index (χ2n) is 3.68. The smallest absolute Gasteiger partial charge is 0.253 e. The van der Waals surface area contributed by atoms with E-state index in [1.807, 2.05) is 6.07 Å². The zero-order valence-corrected chi connectivity index (χ0v) is 8.77. The van der Waals surface area contributed by atoms with Crippen LogP contribution in [0.15, 0.2) is 24.3 Å². The molecule has 1 fully saturated rings. The summed E-state index contributed by atoms with van der Waals surface area (Å²) in [6.07, 6.45) is 1.35. The Kier molecular flexibility index (Phi) is 3.18.